The zero-order valence-electron chi connectivity index (χ0n) is 11.0. The summed E-state index contributed by atoms with van der Waals surface area (Å²) < 4.78 is 37.6. The average molecular weight is 351 g/mol. The topological polar surface area (TPSA) is 90.7 Å². The van der Waals surface area contributed by atoms with Crippen molar-refractivity contribution in [1.82, 2.24) is 4.72 Å². The largest absolute Gasteiger partial charge is 0.389 e. The zero-order valence-corrected chi connectivity index (χ0v) is 13.4. The van der Waals surface area contributed by atoms with Crippen LogP contribution in [0.1, 0.15) is 5.56 Å². The highest BCUT2D eigenvalue weighted by molar-refractivity contribution is 7.89. The van der Waals surface area contributed by atoms with Crippen LogP contribution in [0.15, 0.2) is 23.1 Å². The molecule has 1 aromatic rings. The van der Waals surface area contributed by atoms with Crippen molar-refractivity contribution >= 4 is 38.8 Å². The predicted molar refractivity (Wildman–Crippen MR) is 83.1 cm³/mol. The molecule has 1 heterocycles. The van der Waals surface area contributed by atoms with Crippen molar-refractivity contribution in [3.63, 3.8) is 0 Å². The molecular formula is C12H15ClN2O4S2. The van der Waals surface area contributed by atoms with E-state index in [1.807, 2.05) is 0 Å². The van der Waals surface area contributed by atoms with Gasteiger partial charge in [0.25, 0.3) is 0 Å². The number of hydrogen-bond donors (Lipinski definition) is 2. The van der Waals surface area contributed by atoms with Crippen molar-refractivity contribution < 1.29 is 17.9 Å². The third kappa shape index (κ3) is 4.35. The van der Waals surface area contributed by atoms with E-state index in [4.69, 9.17) is 39.0 Å². The molecule has 0 saturated carbocycles. The minimum atomic E-state index is -3.78. The second-order valence-corrected chi connectivity index (χ2v) is 7.01. The van der Waals surface area contributed by atoms with Crippen molar-refractivity contribution in [2.24, 2.45) is 5.73 Å². The van der Waals surface area contributed by atoms with Gasteiger partial charge in [-0.25, -0.2) is 13.1 Å². The predicted octanol–water partition coefficient (Wildman–Crippen LogP) is 0.668. The lowest BCUT2D eigenvalue weighted by Crippen LogP contribution is -2.39. The normalized spacial score (nSPS) is 19.4. The summed E-state index contributed by atoms with van der Waals surface area (Å²) in [5, 5.41) is 0.100. The number of sulfonamides is 1. The average Bonchev–Trinajstić information content (AvgIpc) is 2.46. The lowest BCUT2D eigenvalue weighted by atomic mass is 10.2. The molecule has 3 N–H and O–H groups in total. The van der Waals surface area contributed by atoms with Crippen molar-refractivity contribution in [3.05, 3.63) is 28.8 Å². The highest BCUT2D eigenvalue weighted by Gasteiger charge is 2.22. The Morgan fingerprint density at radius 3 is 2.86 bits per heavy atom. The van der Waals surface area contributed by atoms with Gasteiger partial charge in [0.1, 0.15) is 9.88 Å². The number of rotatable bonds is 5. The molecule has 1 aliphatic heterocycles. The molecule has 0 aliphatic carbocycles. The molecule has 1 aromatic carbocycles. The second-order valence-electron chi connectivity index (χ2n) is 4.43. The van der Waals surface area contributed by atoms with Crippen molar-refractivity contribution in [1.29, 1.82) is 0 Å². The summed E-state index contributed by atoms with van der Waals surface area (Å²) in [7, 11) is -3.78. The molecule has 1 unspecified atom stereocenters. The van der Waals surface area contributed by atoms with Crippen LogP contribution in [0.3, 0.4) is 0 Å². The maximum absolute atomic E-state index is 12.3. The molecule has 0 radical (unpaired) electrons. The number of nitrogens with two attached hydrogens (primary N) is 1. The SMILES string of the molecule is NC(=S)c1ccc(Cl)c(S(=O)(=O)NCC2COCCO2)c1. The van der Waals surface area contributed by atoms with Crippen molar-refractivity contribution in [2.45, 2.75) is 11.0 Å². The van der Waals surface area contributed by atoms with Gasteiger partial charge in [0.15, 0.2) is 0 Å². The lowest BCUT2D eigenvalue weighted by Gasteiger charge is -2.23. The fourth-order valence-electron chi connectivity index (χ4n) is 1.80. The van der Waals surface area contributed by atoms with E-state index in [9.17, 15) is 8.42 Å². The summed E-state index contributed by atoms with van der Waals surface area (Å²) in [5.74, 6) is 0. The minimum Gasteiger partial charge on any atom is -0.389 e. The maximum atomic E-state index is 12.3. The van der Waals surface area contributed by atoms with Gasteiger partial charge in [-0.1, -0.05) is 29.9 Å². The Morgan fingerprint density at radius 2 is 2.24 bits per heavy atom. The quantitative estimate of drug-likeness (QED) is 0.758. The molecule has 2 rings (SSSR count). The molecule has 1 aliphatic rings. The number of hydrogen-bond acceptors (Lipinski definition) is 5. The monoisotopic (exact) mass is 350 g/mol. The van der Waals surface area contributed by atoms with Gasteiger partial charge in [-0.05, 0) is 12.1 Å². The third-order valence-corrected chi connectivity index (χ3v) is 5.03. The van der Waals surface area contributed by atoms with Crippen LogP contribution in [0.2, 0.25) is 5.02 Å². The third-order valence-electron chi connectivity index (χ3n) is 2.89. The Balaban J connectivity index is 2.14. The van der Waals surface area contributed by atoms with E-state index in [2.05, 4.69) is 4.72 Å². The molecule has 0 aromatic heterocycles. The number of benzene rings is 1. The second kappa shape index (κ2) is 6.99. The first-order valence-electron chi connectivity index (χ1n) is 6.18. The van der Waals surface area contributed by atoms with E-state index in [0.717, 1.165) is 0 Å². The van der Waals surface area contributed by atoms with Crippen LogP contribution < -0.4 is 10.5 Å². The van der Waals surface area contributed by atoms with Crippen LogP contribution in [0.25, 0.3) is 0 Å². The van der Waals surface area contributed by atoms with Crippen LogP contribution in [0.4, 0.5) is 0 Å². The summed E-state index contributed by atoms with van der Waals surface area (Å²) in [6.45, 7) is 1.42. The number of ether oxygens (including phenoxy) is 2. The summed E-state index contributed by atoms with van der Waals surface area (Å²) in [5.41, 5.74) is 5.94. The van der Waals surface area contributed by atoms with Gasteiger partial charge in [0.05, 0.1) is 30.9 Å². The summed E-state index contributed by atoms with van der Waals surface area (Å²) in [6.07, 6.45) is -0.314. The van der Waals surface area contributed by atoms with Gasteiger partial charge in [-0.2, -0.15) is 0 Å². The number of halogens is 1. The Kier molecular flexibility index (Phi) is 5.53. The standard InChI is InChI=1S/C12H15ClN2O4S2/c13-10-2-1-8(12(14)20)5-11(10)21(16,17)15-6-9-7-18-3-4-19-9/h1-2,5,9,15H,3-4,6-7H2,(H2,14,20). The smallest absolute Gasteiger partial charge is 0.242 e. The van der Waals surface area contributed by atoms with Crippen LogP contribution in [0.5, 0.6) is 0 Å². The highest BCUT2D eigenvalue weighted by Crippen LogP contribution is 2.22. The fourth-order valence-corrected chi connectivity index (χ4v) is 3.51. The lowest BCUT2D eigenvalue weighted by molar-refractivity contribution is -0.0846. The molecule has 21 heavy (non-hydrogen) atoms. The Labute approximate surface area is 133 Å². The molecule has 116 valence electrons. The number of thiocarbonyl (C=S) groups is 1. The number of nitrogens with one attached hydrogen (secondary N) is 1. The van der Waals surface area contributed by atoms with E-state index in [0.29, 0.717) is 25.4 Å². The van der Waals surface area contributed by atoms with E-state index < -0.39 is 10.0 Å². The van der Waals surface area contributed by atoms with Gasteiger partial charge in [-0.3, -0.25) is 0 Å². The zero-order chi connectivity index (χ0) is 15.5. The van der Waals surface area contributed by atoms with Gasteiger partial charge in [0.2, 0.25) is 10.0 Å². The highest BCUT2D eigenvalue weighted by atomic mass is 35.5. The summed E-state index contributed by atoms with van der Waals surface area (Å²) in [6, 6.07) is 4.37. The molecule has 1 saturated heterocycles. The molecule has 1 fully saturated rings. The fraction of sp³-hybridized carbons (Fsp3) is 0.417. The molecule has 1 atom stereocenters. The molecule has 9 heteroatoms. The Bertz CT molecular complexity index is 630. The molecule has 0 spiro atoms. The Hall–Kier alpha value is -0.770. The molecule has 0 amide bonds. The maximum Gasteiger partial charge on any atom is 0.242 e. The van der Waals surface area contributed by atoms with Crippen LogP contribution in [-0.4, -0.2) is 45.9 Å². The Morgan fingerprint density at radius 1 is 1.48 bits per heavy atom. The first kappa shape index (κ1) is 16.6. The summed E-state index contributed by atoms with van der Waals surface area (Å²) in [4.78, 5) is 0.0401. The van der Waals surface area contributed by atoms with E-state index in [1.54, 1.807) is 6.07 Å². The van der Waals surface area contributed by atoms with Crippen LogP contribution >= 0.6 is 23.8 Å². The molecular weight excluding hydrogens is 336 g/mol. The first-order valence-corrected chi connectivity index (χ1v) is 8.45. The van der Waals surface area contributed by atoms with E-state index in [-0.39, 0.29) is 27.6 Å². The van der Waals surface area contributed by atoms with Crippen molar-refractivity contribution in [3.8, 4) is 0 Å². The van der Waals surface area contributed by atoms with E-state index in [1.165, 1.54) is 12.1 Å². The van der Waals surface area contributed by atoms with E-state index >= 15 is 0 Å². The van der Waals surface area contributed by atoms with Crippen LogP contribution in [-0.2, 0) is 19.5 Å². The van der Waals surface area contributed by atoms with Gasteiger partial charge in [-0.15, -0.1) is 0 Å². The first-order chi connectivity index (χ1) is 9.90. The van der Waals surface area contributed by atoms with Gasteiger partial charge >= 0.3 is 0 Å². The van der Waals surface area contributed by atoms with Gasteiger partial charge < -0.3 is 15.2 Å². The summed E-state index contributed by atoms with van der Waals surface area (Å²) >= 11 is 10.8. The van der Waals surface area contributed by atoms with Gasteiger partial charge in [0, 0.05) is 12.1 Å². The molecule has 0 bridgehead atoms. The van der Waals surface area contributed by atoms with Crippen LogP contribution in [0, 0.1) is 0 Å². The van der Waals surface area contributed by atoms with Crippen molar-refractivity contribution in [2.75, 3.05) is 26.4 Å². The molecule has 6 nitrogen and oxygen atoms in total. The minimum absolute atomic E-state index is 0.0637.